The fraction of sp³-hybridized carbons (Fsp3) is 0.429. The Labute approximate surface area is 87.7 Å². The van der Waals surface area contributed by atoms with Gasteiger partial charge in [0.05, 0.1) is 0 Å². The summed E-state index contributed by atoms with van der Waals surface area (Å²) in [6.45, 7) is 11.0. The van der Waals surface area contributed by atoms with Crippen LogP contribution < -0.4 is 0 Å². The predicted octanol–water partition coefficient (Wildman–Crippen LogP) is 4.44. The Morgan fingerprint density at radius 3 is 2.36 bits per heavy atom. The van der Waals surface area contributed by atoms with E-state index in [9.17, 15) is 0 Å². The zero-order valence-electron chi connectivity index (χ0n) is 9.89. The fourth-order valence-electron chi connectivity index (χ4n) is 1.62. The second-order valence-electron chi connectivity index (χ2n) is 5.06. The molecule has 1 rings (SSSR count). The largest absolute Gasteiger partial charge is 0.0756 e. The van der Waals surface area contributed by atoms with E-state index in [1.165, 1.54) is 16.7 Å². The van der Waals surface area contributed by atoms with Gasteiger partial charge in [-0.3, -0.25) is 0 Å². The van der Waals surface area contributed by atoms with Crippen LogP contribution in [0.4, 0.5) is 0 Å². The minimum atomic E-state index is 0.258. The van der Waals surface area contributed by atoms with Crippen molar-refractivity contribution in [1.82, 2.24) is 0 Å². The molecule has 76 valence electrons. The van der Waals surface area contributed by atoms with Gasteiger partial charge in [0.25, 0.3) is 0 Å². The SMILES string of the molecule is C/C(=C/C(C)(C)C)c1cccc(C)c1. The summed E-state index contributed by atoms with van der Waals surface area (Å²) in [5.41, 5.74) is 4.28. The highest BCUT2D eigenvalue weighted by Crippen LogP contribution is 2.23. The molecule has 0 N–H and O–H groups in total. The molecule has 0 heterocycles. The van der Waals surface area contributed by atoms with Crippen molar-refractivity contribution in [2.75, 3.05) is 0 Å². The Balaban J connectivity index is 3.01. The minimum absolute atomic E-state index is 0.258. The molecule has 0 aliphatic carbocycles. The van der Waals surface area contributed by atoms with Gasteiger partial charge >= 0.3 is 0 Å². The lowest BCUT2D eigenvalue weighted by atomic mass is 9.91. The van der Waals surface area contributed by atoms with E-state index in [1.54, 1.807) is 0 Å². The summed E-state index contributed by atoms with van der Waals surface area (Å²) in [6.07, 6.45) is 2.32. The first-order chi connectivity index (χ1) is 6.38. The molecule has 0 bridgehead atoms. The summed E-state index contributed by atoms with van der Waals surface area (Å²) in [6, 6.07) is 8.65. The van der Waals surface area contributed by atoms with Crippen molar-refractivity contribution >= 4 is 5.57 Å². The van der Waals surface area contributed by atoms with Crippen molar-refractivity contribution in [2.24, 2.45) is 5.41 Å². The van der Waals surface area contributed by atoms with Gasteiger partial charge < -0.3 is 0 Å². The fourth-order valence-corrected chi connectivity index (χ4v) is 1.62. The maximum absolute atomic E-state index is 2.32. The van der Waals surface area contributed by atoms with E-state index in [4.69, 9.17) is 0 Å². The van der Waals surface area contributed by atoms with Gasteiger partial charge in [-0.1, -0.05) is 56.7 Å². The third-order valence-electron chi connectivity index (χ3n) is 2.12. The van der Waals surface area contributed by atoms with Gasteiger partial charge in [0.2, 0.25) is 0 Å². The Hall–Kier alpha value is -1.04. The zero-order valence-corrected chi connectivity index (χ0v) is 9.89. The van der Waals surface area contributed by atoms with Crippen LogP contribution in [0.15, 0.2) is 30.3 Å². The third-order valence-corrected chi connectivity index (χ3v) is 2.12. The highest BCUT2D eigenvalue weighted by atomic mass is 14.1. The van der Waals surface area contributed by atoms with Crippen molar-refractivity contribution in [2.45, 2.75) is 34.6 Å². The first kappa shape index (κ1) is 11.0. The number of benzene rings is 1. The summed E-state index contributed by atoms with van der Waals surface area (Å²) < 4.78 is 0. The molecule has 0 heteroatoms. The van der Waals surface area contributed by atoms with E-state index in [2.05, 4.69) is 65.0 Å². The van der Waals surface area contributed by atoms with Gasteiger partial charge in [-0.15, -0.1) is 0 Å². The molecule has 0 fully saturated rings. The molecule has 0 amide bonds. The van der Waals surface area contributed by atoms with Crippen LogP contribution in [0.25, 0.3) is 5.57 Å². The molecule has 0 unspecified atom stereocenters. The number of aryl methyl sites for hydroxylation is 1. The van der Waals surface area contributed by atoms with Crippen LogP contribution >= 0.6 is 0 Å². The van der Waals surface area contributed by atoms with Crippen LogP contribution in [-0.4, -0.2) is 0 Å². The van der Waals surface area contributed by atoms with Gasteiger partial charge in [0.15, 0.2) is 0 Å². The van der Waals surface area contributed by atoms with E-state index in [0.29, 0.717) is 0 Å². The topological polar surface area (TPSA) is 0 Å². The van der Waals surface area contributed by atoms with Gasteiger partial charge in [-0.2, -0.15) is 0 Å². The van der Waals surface area contributed by atoms with E-state index >= 15 is 0 Å². The summed E-state index contributed by atoms with van der Waals surface area (Å²) in [5.74, 6) is 0. The summed E-state index contributed by atoms with van der Waals surface area (Å²) in [4.78, 5) is 0. The lowest BCUT2D eigenvalue weighted by Gasteiger charge is -2.14. The zero-order chi connectivity index (χ0) is 10.8. The number of rotatable bonds is 1. The second kappa shape index (κ2) is 4.00. The summed E-state index contributed by atoms with van der Waals surface area (Å²) in [7, 11) is 0. The standard InChI is InChI=1S/C14H20/c1-11-7-6-8-13(9-11)12(2)10-14(3,4)5/h6-10H,1-5H3/b12-10-. The smallest absolute Gasteiger partial charge is 0.0197 e. The summed E-state index contributed by atoms with van der Waals surface area (Å²) >= 11 is 0. The molecule has 1 aromatic rings. The van der Waals surface area contributed by atoms with Gasteiger partial charge in [-0.25, -0.2) is 0 Å². The molecule has 0 radical (unpaired) electrons. The van der Waals surface area contributed by atoms with Crippen molar-refractivity contribution in [1.29, 1.82) is 0 Å². The molecule has 0 atom stereocenters. The Kier molecular flexibility index (Phi) is 3.15. The van der Waals surface area contributed by atoms with Gasteiger partial charge in [-0.05, 0) is 30.4 Å². The molecular formula is C14H20. The van der Waals surface area contributed by atoms with Crippen LogP contribution in [0.3, 0.4) is 0 Å². The highest BCUT2D eigenvalue weighted by molar-refractivity contribution is 5.64. The average Bonchev–Trinajstić information content (AvgIpc) is 2.01. The van der Waals surface area contributed by atoms with Crippen molar-refractivity contribution in [3.05, 3.63) is 41.5 Å². The maximum Gasteiger partial charge on any atom is -0.0197 e. The molecular weight excluding hydrogens is 168 g/mol. The average molecular weight is 188 g/mol. The molecule has 0 saturated carbocycles. The number of hydrogen-bond acceptors (Lipinski definition) is 0. The maximum atomic E-state index is 2.32. The summed E-state index contributed by atoms with van der Waals surface area (Å²) in [5, 5.41) is 0. The first-order valence-corrected chi connectivity index (χ1v) is 5.15. The van der Waals surface area contributed by atoms with E-state index in [1.807, 2.05) is 0 Å². The first-order valence-electron chi connectivity index (χ1n) is 5.15. The van der Waals surface area contributed by atoms with Crippen LogP contribution in [0, 0.1) is 12.3 Å². The number of hydrogen-bond donors (Lipinski definition) is 0. The van der Waals surface area contributed by atoms with Crippen LogP contribution in [0.5, 0.6) is 0 Å². The van der Waals surface area contributed by atoms with Crippen LogP contribution in [0.2, 0.25) is 0 Å². The third kappa shape index (κ3) is 3.37. The molecule has 0 nitrogen and oxygen atoms in total. The van der Waals surface area contributed by atoms with E-state index in [0.717, 1.165) is 0 Å². The Morgan fingerprint density at radius 2 is 1.86 bits per heavy atom. The minimum Gasteiger partial charge on any atom is -0.0756 e. The second-order valence-corrected chi connectivity index (χ2v) is 5.06. The lowest BCUT2D eigenvalue weighted by Crippen LogP contribution is -2.00. The molecule has 0 saturated heterocycles. The van der Waals surface area contributed by atoms with Crippen LogP contribution in [-0.2, 0) is 0 Å². The molecule has 0 aromatic heterocycles. The van der Waals surface area contributed by atoms with E-state index in [-0.39, 0.29) is 5.41 Å². The van der Waals surface area contributed by atoms with Gasteiger partial charge in [0.1, 0.15) is 0 Å². The van der Waals surface area contributed by atoms with E-state index < -0.39 is 0 Å². The molecule has 1 aromatic carbocycles. The quantitative estimate of drug-likeness (QED) is 0.611. The van der Waals surface area contributed by atoms with Gasteiger partial charge in [0, 0.05) is 0 Å². The normalized spacial score (nSPS) is 13.1. The Morgan fingerprint density at radius 1 is 1.21 bits per heavy atom. The monoisotopic (exact) mass is 188 g/mol. The van der Waals surface area contributed by atoms with Crippen LogP contribution in [0.1, 0.15) is 38.8 Å². The molecule has 0 spiro atoms. The Bertz CT molecular complexity index is 337. The van der Waals surface area contributed by atoms with Crippen molar-refractivity contribution < 1.29 is 0 Å². The highest BCUT2D eigenvalue weighted by Gasteiger charge is 2.06. The van der Waals surface area contributed by atoms with Crippen molar-refractivity contribution in [3.63, 3.8) is 0 Å². The molecule has 0 aliphatic rings. The lowest BCUT2D eigenvalue weighted by molar-refractivity contribution is 0.545. The predicted molar refractivity (Wildman–Crippen MR) is 64.3 cm³/mol. The number of allylic oxidation sites excluding steroid dienone is 2. The van der Waals surface area contributed by atoms with Crippen molar-refractivity contribution in [3.8, 4) is 0 Å². The molecule has 14 heavy (non-hydrogen) atoms. The molecule has 0 aliphatic heterocycles.